The van der Waals surface area contributed by atoms with E-state index in [1.54, 1.807) is 12.4 Å². The van der Waals surface area contributed by atoms with Crippen LogP contribution in [0.2, 0.25) is 0 Å². The molecule has 2 atom stereocenters. The molecule has 1 saturated heterocycles. The summed E-state index contributed by atoms with van der Waals surface area (Å²) < 4.78 is 0. The number of amides is 2. The number of hydrogen-bond donors (Lipinski definition) is 1. The highest BCUT2D eigenvalue weighted by Gasteiger charge is 2.31. The summed E-state index contributed by atoms with van der Waals surface area (Å²) in [5.74, 6) is 0. The van der Waals surface area contributed by atoms with Crippen LogP contribution in [0.25, 0.3) is 0 Å². The van der Waals surface area contributed by atoms with E-state index in [1.165, 1.54) is 5.56 Å². The maximum Gasteiger partial charge on any atom is 0.322 e. The third-order valence-corrected chi connectivity index (χ3v) is 4.52. The lowest BCUT2D eigenvalue weighted by atomic mass is 10.1. The van der Waals surface area contributed by atoms with Gasteiger partial charge in [-0.15, -0.1) is 0 Å². The zero-order valence-electron chi connectivity index (χ0n) is 14.2. The lowest BCUT2D eigenvalue weighted by Gasteiger charge is -2.44. The average Bonchev–Trinajstić information content (AvgIpc) is 2.59. The van der Waals surface area contributed by atoms with Gasteiger partial charge in [-0.05, 0) is 31.5 Å². The Morgan fingerprint density at radius 1 is 1.12 bits per heavy atom. The summed E-state index contributed by atoms with van der Waals surface area (Å²) in [4.78, 5) is 20.9. The van der Waals surface area contributed by atoms with Crippen LogP contribution in [0, 0.1) is 0 Å². The van der Waals surface area contributed by atoms with Gasteiger partial charge in [-0.3, -0.25) is 9.88 Å². The first-order valence-electron chi connectivity index (χ1n) is 8.39. The molecule has 5 heteroatoms. The molecule has 2 unspecified atom stereocenters. The lowest BCUT2D eigenvalue weighted by Crippen LogP contribution is -2.58. The molecule has 24 heavy (non-hydrogen) atoms. The molecule has 0 radical (unpaired) electrons. The molecule has 0 saturated carbocycles. The fraction of sp³-hybridized carbons (Fsp3) is 0.368. The number of rotatable bonds is 3. The number of carbonyl (C=O) groups is 1. The van der Waals surface area contributed by atoms with E-state index < -0.39 is 0 Å². The largest absolute Gasteiger partial charge is 0.322 e. The number of aromatic nitrogens is 1. The van der Waals surface area contributed by atoms with Crippen molar-refractivity contribution in [1.82, 2.24) is 14.8 Å². The van der Waals surface area contributed by atoms with Crippen molar-refractivity contribution in [3.05, 3.63) is 60.4 Å². The van der Waals surface area contributed by atoms with Gasteiger partial charge in [-0.1, -0.05) is 30.3 Å². The van der Waals surface area contributed by atoms with E-state index in [9.17, 15) is 4.79 Å². The minimum Gasteiger partial charge on any atom is -0.319 e. The SMILES string of the molecule is CC1CN(C(=O)Nc2cccnc2)C(C)CN1Cc1ccccc1. The normalized spacial score (nSPS) is 21.5. The molecule has 0 aliphatic carbocycles. The van der Waals surface area contributed by atoms with E-state index >= 15 is 0 Å². The van der Waals surface area contributed by atoms with Crippen LogP contribution in [0.4, 0.5) is 10.5 Å². The van der Waals surface area contributed by atoms with Gasteiger partial charge >= 0.3 is 6.03 Å². The van der Waals surface area contributed by atoms with E-state index in [0.717, 1.165) is 25.3 Å². The molecule has 2 amide bonds. The number of piperazine rings is 1. The zero-order valence-corrected chi connectivity index (χ0v) is 14.2. The Labute approximate surface area is 143 Å². The molecular weight excluding hydrogens is 300 g/mol. The average molecular weight is 324 g/mol. The number of benzene rings is 1. The van der Waals surface area contributed by atoms with Crippen LogP contribution in [-0.2, 0) is 6.54 Å². The van der Waals surface area contributed by atoms with Crippen LogP contribution in [0.5, 0.6) is 0 Å². The highest BCUT2D eigenvalue weighted by molar-refractivity contribution is 5.89. The van der Waals surface area contributed by atoms with Crippen LogP contribution >= 0.6 is 0 Å². The predicted molar refractivity (Wildman–Crippen MR) is 95.7 cm³/mol. The lowest BCUT2D eigenvalue weighted by molar-refractivity contribution is 0.0627. The van der Waals surface area contributed by atoms with Gasteiger partial charge in [-0.25, -0.2) is 4.79 Å². The topological polar surface area (TPSA) is 48.5 Å². The summed E-state index contributed by atoms with van der Waals surface area (Å²) in [6.45, 7) is 6.80. The van der Waals surface area contributed by atoms with Gasteiger partial charge in [0.15, 0.2) is 0 Å². The van der Waals surface area contributed by atoms with Gasteiger partial charge in [-0.2, -0.15) is 0 Å². The smallest absolute Gasteiger partial charge is 0.319 e. The number of nitrogens with zero attached hydrogens (tertiary/aromatic N) is 3. The van der Waals surface area contributed by atoms with Gasteiger partial charge in [0.1, 0.15) is 0 Å². The molecule has 1 fully saturated rings. The van der Waals surface area contributed by atoms with Crippen molar-refractivity contribution < 1.29 is 4.79 Å². The second-order valence-corrected chi connectivity index (χ2v) is 6.44. The minimum atomic E-state index is -0.0540. The van der Waals surface area contributed by atoms with Crippen molar-refractivity contribution in [1.29, 1.82) is 0 Å². The van der Waals surface area contributed by atoms with Gasteiger partial charge in [0.25, 0.3) is 0 Å². The van der Waals surface area contributed by atoms with E-state index in [1.807, 2.05) is 23.1 Å². The standard InChI is InChI=1S/C19H24N4O/c1-15-13-23(19(24)21-18-9-6-10-20-11-18)16(2)12-22(15)14-17-7-4-3-5-8-17/h3-11,15-16H,12-14H2,1-2H3,(H,21,24). The first-order valence-corrected chi connectivity index (χ1v) is 8.39. The molecule has 1 aliphatic rings. The maximum atomic E-state index is 12.6. The molecule has 1 aromatic heterocycles. The third kappa shape index (κ3) is 3.92. The van der Waals surface area contributed by atoms with Gasteiger partial charge in [0.2, 0.25) is 0 Å². The number of hydrogen-bond acceptors (Lipinski definition) is 3. The molecule has 2 heterocycles. The number of pyridine rings is 1. The van der Waals surface area contributed by atoms with E-state index in [0.29, 0.717) is 6.04 Å². The maximum absolute atomic E-state index is 12.6. The van der Waals surface area contributed by atoms with E-state index in [-0.39, 0.29) is 12.1 Å². The molecule has 3 rings (SSSR count). The molecule has 2 aromatic rings. The summed E-state index contributed by atoms with van der Waals surface area (Å²) in [5.41, 5.74) is 2.04. The van der Waals surface area contributed by atoms with Crippen molar-refractivity contribution in [2.45, 2.75) is 32.5 Å². The highest BCUT2D eigenvalue weighted by atomic mass is 16.2. The first-order chi connectivity index (χ1) is 11.6. The first kappa shape index (κ1) is 16.5. The van der Waals surface area contributed by atoms with Gasteiger partial charge in [0, 0.05) is 37.9 Å². The van der Waals surface area contributed by atoms with Crippen molar-refractivity contribution in [2.75, 3.05) is 18.4 Å². The van der Waals surface area contributed by atoms with E-state index in [2.05, 4.69) is 53.3 Å². The molecule has 1 N–H and O–H groups in total. The fourth-order valence-corrected chi connectivity index (χ4v) is 3.15. The Bertz CT molecular complexity index is 662. The molecule has 1 aromatic carbocycles. The molecule has 5 nitrogen and oxygen atoms in total. The highest BCUT2D eigenvalue weighted by Crippen LogP contribution is 2.19. The number of nitrogens with one attached hydrogen (secondary N) is 1. The monoisotopic (exact) mass is 324 g/mol. The second-order valence-electron chi connectivity index (χ2n) is 6.44. The Kier molecular flexibility index (Phi) is 5.11. The number of carbonyl (C=O) groups excluding carboxylic acids is 1. The van der Waals surface area contributed by atoms with Crippen LogP contribution in [0.3, 0.4) is 0 Å². The van der Waals surface area contributed by atoms with Crippen LogP contribution in [0.1, 0.15) is 19.4 Å². The summed E-state index contributed by atoms with van der Waals surface area (Å²) in [5, 5.41) is 2.93. The number of anilines is 1. The van der Waals surface area contributed by atoms with Crippen molar-refractivity contribution in [2.24, 2.45) is 0 Å². The van der Waals surface area contributed by atoms with Crippen LogP contribution in [0.15, 0.2) is 54.9 Å². The quantitative estimate of drug-likeness (QED) is 0.943. The molecular formula is C19H24N4O. The van der Waals surface area contributed by atoms with E-state index in [4.69, 9.17) is 0 Å². The zero-order chi connectivity index (χ0) is 16.9. The predicted octanol–water partition coefficient (Wildman–Crippen LogP) is 3.21. The Balaban J connectivity index is 1.61. The second kappa shape index (κ2) is 7.45. The van der Waals surface area contributed by atoms with Crippen molar-refractivity contribution in [3.63, 3.8) is 0 Å². The Hall–Kier alpha value is -2.40. The van der Waals surface area contributed by atoms with Crippen LogP contribution < -0.4 is 5.32 Å². The van der Waals surface area contributed by atoms with Gasteiger partial charge in [0.05, 0.1) is 11.9 Å². The Morgan fingerprint density at radius 2 is 1.92 bits per heavy atom. The molecule has 126 valence electrons. The third-order valence-electron chi connectivity index (χ3n) is 4.52. The fourth-order valence-electron chi connectivity index (χ4n) is 3.15. The van der Waals surface area contributed by atoms with Crippen molar-refractivity contribution >= 4 is 11.7 Å². The number of urea groups is 1. The summed E-state index contributed by atoms with van der Waals surface area (Å²) in [6, 6.07) is 14.6. The summed E-state index contributed by atoms with van der Waals surface area (Å²) in [6.07, 6.45) is 3.36. The molecule has 0 spiro atoms. The summed E-state index contributed by atoms with van der Waals surface area (Å²) >= 11 is 0. The Morgan fingerprint density at radius 3 is 2.62 bits per heavy atom. The molecule has 0 bridgehead atoms. The van der Waals surface area contributed by atoms with Crippen LogP contribution in [-0.4, -0.2) is 46.0 Å². The summed E-state index contributed by atoms with van der Waals surface area (Å²) in [7, 11) is 0. The van der Waals surface area contributed by atoms with Crippen molar-refractivity contribution in [3.8, 4) is 0 Å². The minimum absolute atomic E-state index is 0.0540. The van der Waals surface area contributed by atoms with Gasteiger partial charge < -0.3 is 10.2 Å². The molecule has 1 aliphatic heterocycles.